The molecule has 2 aliphatic rings. The molecule has 6 aromatic carbocycles. The second-order valence-corrected chi connectivity index (χ2v) is 12.0. The molecule has 3 nitrogen and oxygen atoms in total. The van der Waals surface area contributed by atoms with Gasteiger partial charge in [0.15, 0.2) is 17.5 Å². The molecule has 0 N–H and O–H groups in total. The summed E-state index contributed by atoms with van der Waals surface area (Å²) >= 11 is 0. The molecule has 1 aromatic heterocycles. The summed E-state index contributed by atoms with van der Waals surface area (Å²) in [7, 11) is 0. The minimum absolute atomic E-state index is 0.435. The van der Waals surface area contributed by atoms with Crippen molar-refractivity contribution in [2.24, 2.45) is 0 Å². The fourth-order valence-electron chi connectivity index (χ4n) is 7.61. The first kappa shape index (κ1) is 25.8. The van der Waals surface area contributed by atoms with Crippen molar-refractivity contribution in [2.75, 3.05) is 0 Å². The first-order valence-corrected chi connectivity index (χ1v) is 15.5. The Bertz CT molecular complexity index is 2150. The van der Waals surface area contributed by atoms with E-state index < -0.39 is 5.41 Å². The fraction of sp³-hybridized carbons (Fsp3) is 0.0714. The smallest absolute Gasteiger partial charge is 0.164 e. The first-order valence-electron chi connectivity index (χ1n) is 15.5. The molecular formula is C42H29N3. The molecule has 0 atom stereocenters. The fourth-order valence-corrected chi connectivity index (χ4v) is 7.61. The van der Waals surface area contributed by atoms with E-state index in [0.717, 1.165) is 23.1 Å². The lowest BCUT2D eigenvalue weighted by atomic mass is 9.61. The predicted molar refractivity (Wildman–Crippen MR) is 181 cm³/mol. The third-order valence-electron chi connectivity index (χ3n) is 9.51. The highest BCUT2D eigenvalue weighted by molar-refractivity contribution is 5.89. The Balaban J connectivity index is 1.36. The van der Waals surface area contributed by atoms with Gasteiger partial charge in [-0.1, -0.05) is 151 Å². The van der Waals surface area contributed by atoms with E-state index in [-0.39, 0.29) is 0 Å². The number of aryl methyl sites for hydroxylation is 1. The molecule has 2 aliphatic carbocycles. The van der Waals surface area contributed by atoms with E-state index in [1.165, 1.54) is 50.1 Å². The van der Waals surface area contributed by atoms with Gasteiger partial charge in [0.1, 0.15) is 0 Å². The summed E-state index contributed by atoms with van der Waals surface area (Å²) in [5, 5.41) is 0. The predicted octanol–water partition coefficient (Wildman–Crippen LogP) is 9.45. The molecule has 0 bridgehead atoms. The molecule has 45 heavy (non-hydrogen) atoms. The molecule has 9 rings (SSSR count). The van der Waals surface area contributed by atoms with Crippen molar-refractivity contribution in [2.45, 2.75) is 18.8 Å². The van der Waals surface area contributed by atoms with Crippen LogP contribution in [0.1, 0.15) is 38.9 Å². The van der Waals surface area contributed by atoms with Crippen LogP contribution < -0.4 is 0 Å². The largest absolute Gasteiger partial charge is 0.208 e. The van der Waals surface area contributed by atoms with Crippen molar-refractivity contribution in [1.29, 1.82) is 0 Å². The summed E-state index contributed by atoms with van der Waals surface area (Å²) < 4.78 is 0. The maximum atomic E-state index is 5.16. The normalized spacial score (nSPS) is 13.5. The Kier molecular flexibility index (Phi) is 5.69. The number of benzene rings is 6. The Morgan fingerprint density at radius 3 is 1.58 bits per heavy atom. The number of hydrogen-bond donors (Lipinski definition) is 0. The topological polar surface area (TPSA) is 38.7 Å². The van der Waals surface area contributed by atoms with Gasteiger partial charge in [0.2, 0.25) is 0 Å². The highest BCUT2D eigenvalue weighted by atomic mass is 15.0. The maximum Gasteiger partial charge on any atom is 0.164 e. The number of fused-ring (bicyclic) bond motifs is 9. The van der Waals surface area contributed by atoms with E-state index >= 15 is 0 Å². The van der Waals surface area contributed by atoms with Crippen molar-refractivity contribution in [3.8, 4) is 45.3 Å². The summed E-state index contributed by atoms with van der Waals surface area (Å²) in [5.74, 6) is 2.05. The summed E-state index contributed by atoms with van der Waals surface area (Å²) in [5.41, 5.74) is 14.4. The van der Waals surface area contributed by atoms with Crippen molar-refractivity contribution >= 4 is 0 Å². The number of hydrogen-bond acceptors (Lipinski definition) is 3. The molecule has 1 heterocycles. The van der Waals surface area contributed by atoms with Gasteiger partial charge in [-0.15, -0.1) is 0 Å². The van der Waals surface area contributed by atoms with Crippen molar-refractivity contribution in [1.82, 2.24) is 15.0 Å². The van der Waals surface area contributed by atoms with Crippen LogP contribution in [0.15, 0.2) is 146 Å². The van der Waals surface area contributed by atoms with E-state index in [2.05, 4.69) is 116 Å². The molecule has 0 radical (unpaired) electrons. The van der Waals surface area contributed by atoms with Crippen LogP contribution in [0.25, 0.3) is 45.3 Å². The summed E-state index contributed by atoms with van der Waals surface area (Å²) in [6.45, 7) is 2.20. The third-order valence-corrected chi connectivity index (χ3v) is 9.51. The Morgan fingerprint density at radius 1 is 0.444 bits per heavy atom. The van der Waals surface area contributed by atoms with Crippen LogP contribution in [0.4, 0.5) is 0 Å². The van der Waals surface area contributed by atoms with Gasteiger partial charge in [-0.05, 0) is 57.9 Å². The van der Waals surface area contributed by atoms with Crippen LogP contribution in [0.5, 0.6) is 0 Å². The molecule has 0 saturated carbocycles. The third kappa shape index (κ3) is 3.80. The highest BCUT2D eigenvalue weighted by Crippen LogP contribution is 2.60. The van der Waals surface area contributed by atoms with Crippen molar-refractivity contribution in [3.63, 3.8) is 0 Å². The van der Waals surface area contributed by atoms with Gasteiger partial charge in [0, 0.05) is 16.7 Å². The van der Waals surface area contributed by atoms with E-state index in [0.29, 0.717) is 17.5 Å². The monoisotopic (exact) mass is 575 g/mol. The van der Waals surface area contributed by atoms with Gasteiger partial charge in [0.05, 0.1) is 5.41 Å². The van der Waals surface area contributed by atoms with E-state index in [1.807, 2.05) is 36.4 Å². The molecule has 0 unspecified atom stereocenters. The zero-order valence-electron chi connectivity index (χ0n) is 24.9. The lowest BCUT2D eigenvalue weighted by molar-refractivity contribution is 0.721. The minimum Gasteiger partial charge on any atom is -0.208 e. The van der Waals surface area contributed by atoms with E-state index in [1.54, 1.807) is 0 Å². The Morgan fingerprint density at radius 2 is 0.956 bits per heavy atom. The van der Waals surface area contributed by atoms with E-state index in [4.69, 9.17) is 15.0 Å². The Labute approximate surface area is 263 Å². The van der Waals surface area contributed by atoms with Crippen molar-refractivity contribution < 1.29 is 0 Å². The van der Waals surface area contributed by atoms with Gasteiger partial charge in [-0.2, -0.15) is 0 Å². The SMILES string of the molecule is Cc1ccc2c(c1)C1(c3ccccc3-c3ccccc31)c1cccc(-c3nc(-c4ccccc4)nc(-c4ccccc4)n3)c1C2. The standard InChI is InChI=1S/C42H29N3/c1-27-23-24-30-26-34-33(41-44-39(28-13-4-2-5-14-28)43-40(45-41)29-15-6-3-7-16-29)19-12-22-37(34)42(38(30)25-27)35-20-10-8-17-31(35)32-18-9-11-21-36(32)42/h2-25H,26H2,1H3. The first-order chi connectivity index (χ1) is 22.2. The average molecular weight is 576 g/mol. The van der Waals surface area contributed by atoms with Crippen LogP contribution in [0.2, 0.25) is 0 Å². The number of aromatic nitrogens is 3. The number of rotatable bonds is 3. The molecule has 0 aliphatic heterocycles. The molecule has 0 saturated heterocycles. The molecular weight excluding hydrogens is 546 g/mol. The van der Waals surface area contributed by atoms with Gasteiger partial charge in [0.25, 0.3) is 0 Å². The molecule has 212 valence electrons. The second-order valence-electron chi connectivity index (χ2n) is 12.0. The van der Waals surface area contributed by atoms with Crippen LogP contribution in [0.3, 0.4) is 0 Å². The van der Waals surface area contributed by atoms with Crippen molar-refractivity contribution in [3.05, 3.63) is 185 Å². The number of nitrogens with zero attached hydrogens (tertiary/aromatic N) is 3. The van der Waals surface area contributed by atoms with Crippen LogP contribution in [-0.2, 0) is 11.8 Å². The zero-order valence-corrected chi connectivity index (χ0v) is 24.9. The van der Waals surface area contributed by atoms with Gasteiger partial charge >= 0.3 is 0 Å². The quantitative estimate of drug-likeness (QED) is 0.211. The molecule has 0 amide bonds. The minimum atomic E-state index is -0.435. The molecule has 0 fully saturated rings. The lowest BCUT2D eigenvalue weighted by Gasteiger charge is -2.41. The van der Waals surface area contributed by atoms with Crippen LogP contribution in [-0.4, -0.2) is 15.0 Å². The highest BCUT2D eigenvalue weighted by Gasteiger charge is 2.50. The summed E-state index contributed by atoms with van der Waals surface area (Å²) in [4.78, 5) is 15.3. The summed E-state index contributed by atoms with van der Waals surface area (Å²) in [6.07, 6.45) is 0.806. The second kappa shape index (κ2) is 9.93. The maximum absolute atomic E-state index is 5.16. The molecule has 7 aromatic rings. The molecule has 3 heteroatoms. The van der Waals surface area contributed by atoms with Crippen LogP contribution in [0, 0.1) is 6.92 Å². The Hall–Kier alpha value is -5.67. The zero-order chi connectivity index (χ0) is 30.0. The average Bonchev–Trinajstić information content (AvgIpc) is 3.40. The summed E-state index contributed by atoms with van der Waals surface area (Å²) in [6, 6.07) is 52.0. The van der Waals surface area contributed by atoms with E-state index in [9.17, 15) is 0 Å². The van der Waals surface area contributed by atoms with Crippen LogP contribution >= 0.6 is 0 Å². The van der Waals surface area contributed by atoms with Gasteiger partial charge in [-0.3, -0.25) is 0 Å². The van der Waals surface area contributed by atoms with Gasteiger partial charge < -0.3 is 0 Å². The molecule has 1 spiro atoms. The van der Waals surface area contributed by atoms with Gasteiger partial charge in [-0.25, -0.2) is 15.0 Å². The lowest BCUT2D eigenvalue weighted by Crippen LogP contribution is -2.34.